The predicted octanol–water partition coefficient (Wildman–Crippen LogP) is 2.07. The summed E-state index contributed by atoms with van der Waals surface area (Å²) in [7, 11) is 0. The Morgan fingerprint density at radius 2 is 1.90 bits per heavy atom. The summed E-state index contributed by atoms with van der Waals surface area (Å²) in [5.41, 5.74) is 4.40. The predicted molar refractivity (Wildman–Crippen MR) is 81.3 cm³/mol. The quantitative estimate of drug-likeness (QED) is 0.849. The highest BCUT2D eigenvalue weighted by atomic mass is 16.5. The van der Waals surface area contributed by atoms with Crippen LogP contribution in [0, 0.1) is 13.8 Å². The van der Waals surface area contributed by atoms with Gasteiger partial charge in [0, 0.05) is 13.1 Å². The van der Waals surface area contributed by atoms with E-state index in [0.29, 0.717) is 26.3 Å². The maximum absolute atomic E-state index is 12.6. The normalized spacial score (nSPS) is 17.2. The molecule has 1 aromatic heterocycles. The van der Waals surface area contributed by atoms with Crippen molar-refractivity contribution >= 4 is 16.9 Å². The molecule has 1 atom stereocenters. The van der Waals surface area contributed by atoms with E-state index in [0.717, 1.165) is 11.0 Å². The molecular weight excluding hydrogens is 266 g/mol. The number of ether oxygens (including phenoxy) is 1. The molecule has 5 nitrogen and oxygen atoms in total. The third-order valence-electron chi connectivity index (χ3n) is 4.29. The van der Waals surface area contributed by atoms with Gasteiger partial charge in [-0.2, -0.15) is 0 Å². The highest BCUT2D eigenvalue weighted by molar-refractivity contribution is 5.84. The van der Waals surface area contributed by atoms with E-state index in [4.69, 9.17) is 4.74 Å². The standard InChI is InChI=1S/C16H21N3O2/c1-11-8-14-15(9-12(11)2)19(10-17-14)13(3)16(20)18-4-6-21-7-5-18/h8-10,13H,4-7H2,1-3H3. The summed E-state index contributed by atoms with van der Waals surface area (Å²) >= 11 is 0. The second-order valence-electron chi connectivity index (χ2n) is 5.69. The lowest BCUT2D eigenvalue weighted by molar-refractivity contribution is -0.138. The summed E-state index contributed by atoms with van der Waals surface area (Å²) in [4.78, 5) is 18.9. The third-order valence-corrected chi connectivity index (χ3v) is 4.29. The lowest BCUT2D eigenvalue weighted by atomic mass is 10.1. The van der Waals surface area contributed by atoms with Crippen molar-refractivity contribution in [3.8, 4) is 0 Å². The average Bonchev–Trinajstić information content (AvgIpc) is 2.90. The van der Waals surface area contributed by atoms with Crippen molar-refractivity contribution in [2.75, 3.05) is 26.3 Å². The van der Waals surface area contributed by atoms with Crippen LogP contribution in [0.3, 0.4) is 0 Å². The van der Waals surface area contributed by atoms with Crippen LogP contribution in [0.1, 0.15) is 24.1 Å². The smallest absolute Gasteiger partial charge is 0.245 e. The molecule has 5 heteroatoms. The summed E-state index contributed by atoms with van der Waals surface area (Å²) in [5.74, 6) is 0.135. The van der Waals surface area contributed by atoms with E-state index in [1.165, 1.54) is 11.1 Å². The van der Waals surface area contributed by atoms with Crippen molar-refractivity contribution < 1.29 is 9.53 Å². The van der Waals surface area contributed by atoms with Gasteiger partial charge < -0.3 is 14.2 Å². The number of aryl methyl sites for hydroxylation is 2. The minimum Gasteiger partial charge on any atom is -0.378 e. The summed E-state index contributed by atoms with van der Waals surface area (Å²) in [6.07, 6.45) is 1.77. The Kier molecular flexibility index (Phi) is 3.68. The molecule has 0 spiro atoms. The van der Waals surface area contributed by atoms with Crippen molar-refractivity contribution in [3.05, 3.63) is 29.6 Å². The van der Waals surface area contributed by atoms with Gasteiger partial charge >= 0.3 is 0 Å². The molecule has 2 heterocycles. The van der Waals surface area contributed by atoms with Gasteiger partial charge in [0.1, 0.15) is 6.04 Å². The monoisotopic (exact) mass is 287 g/mol. The van der Waals surface area contributed by atoms with Crippen molar-refractivity contribution in [1.29, 1.82) is 0 Å². The minimum atomic E-state index is -0.241. The minimum absolute atomic E-state index is 0.135. The number of carbonyl (C=O) groups is 1. The number of hydrogen-bond donors (Lipinski definition) is 0. The first kappa shape index (κ1) is 14.1. The molecule has 1 aliphatic rings. The fourth-order valence-electron chi connectivity index (χ4n) is 2.76. The van der Waals surface area contributed by atoms with Gasteiger partial charge in [-0.05, 0) is 44.0 Å². The first-order valence-corrected chi connectivity index (χ1v) is 7.38. The van der Waals surface area contributed by atoms with Crippen molar-refractivity contribution in [3.63, 3.8) is 0 Å². The zero-order valence-electron chi connectivity index (χ0n) is 12.8. The van der Waals surface area contributed by atoms with Crippen LogP contribution in [0.4, 0.5) is 0 Å². The Bertz CT molecular complexity index is 671. The number of rotatable bonds is 2. The fourth-order valence-corrected chi connectivity index (χ4v) is 2.76. The summed E-state index contributed by atoms with van der Waals surface area (Å²) in [5, 5.41) is 0. The van der Waals surface area contributed by atoms with Gasteiger partial charge in [0.2, 0.25) is 5.91 Å². The van der Waals surface area contributed by atoms with E-state index in [9.17, 15) is 4.79 Å². The second-order valence-corrected chi connectivity index (χ2v) is 5.69. The molecule has 0 bridgehead atoms. The zero-order chi connectivity index (χ0) is 15.0. The van der Waals surface area contributed by atoms with Gasteiger partial charge in [0.25, 0.3) is 0 Å². The van der Waals surface area contributed by atoms with E-state index in [-0.39, 0.29) is 11.9 Å². The van der Waals surface area contributed by atoms with Crippen molar-refractivity contribution in [2.24, 2.45) is 0 Å². The largest absolute Gasteiger partial charge is 0.378 e. The Labute approximate surface area is 124 Å². The average molecular weight is 287 g/mol. The zero-order valence-corrected chi connectivity index (χ0v) is 12.8. The van der Waals surface area contributed by atoms with E-state index in [2.05, 4.69) is 31.0 Å². The summed E-state index contributed by atoms with van der Waals surface area (Å²) < 4.78 is 7.28. The number of amides is 1. The van der Waals surface area contributed by atoms with Crippen LogP contribution in [0.2, 0.25) is 0 Å². The van der Waals surface area contributed by atoms with Gasteiger partial charge in [-0.3, -0.25) is 4.79 Å². The summed E-state index contributed by atoms with van der Waals surface area (Å²) in [6.45, 7) is 8.70. The Morgan fingerprint density at radius 1 is 1.24 bits per heavy atom. The second kappa shape index (κ2) is 5.48. The van der Waals surface area contributed by atoms with Gasteiger partial charge in [0.05, 0.1) is 30.6 Å². The summed E-state index contributed by atoms with van der Waals surface area (Å²) in [6, 6.07) is 3.95. The lowest BCUT2D eigenvalue weighted by Gasteiger charge is -2.29. The molecule has 112 valence electrons. The number of hydrogen-bond acceptors (Lipinski definition) is 3. The van der Waals surface area contributed by atoms with Gasteiger partial charge in [-0.1, -0.05) is 0 Å². The Balaban J connectivity index is 1.92. The molecule has 1 fully saturated rings. The highest BCUT2D eigenvalue weighted by Gasteiger charge is 2.24. The van der Waals surface area contributed by atoms with Crippen LogP contribution in [0.15, 0.2) is 18.5 Å². The first-order chi connectivity index (χ1) is 10.1. The number of imidazole rings is 1. The number of morpholine rings is 1. The molecule has 1 aromatic carbocycles. The van der Waals surface area contributed by atoms with Gasteiger partial charge in [-0.25, -0.2) is 4.98 Å². The van der Waals surface area contributed by atoms with E-state index >= 15 is 0 Å². The molecule has 1 aliphatic heterocycles. The van der Waals surface area contributed by atoms with E-state index in [1.54, 1.807) is 6.33 Å². The van der Waals surface area contributed by atoms with Crippen LogP contribution < -0.4 is 0 Å². The SMILES string of the molecule is Cc1cc2ncn(C(C)C(=O)N3CCOCC3)c2cc1C. The molecule has 3 rings (SSSR count). The van der Waals surface area contributed by atoms with Crippen LogP contribution in [0.25, 0.3) is 11.0 Å². The van der Waals surface area contributed by atoms with Crippen LogP contribution in [-0.2, 0) is 9.53 Å². The number of benzene rings is 1. The van der Waals surface area contributed by atoms with Gasteiger partial charge in [-0.15, -0.1) is 0 Å². The number of fused-ring (bicyclic) bond motifs is 1. The molecular formula is C16H21N3O2. The van der Waals surface area contributed by atoms with E-state index in [1.807, 2.05) is 16.4 Å². The maximum atomic E-state index is 12.6. The molecule has 1 saturated heterocycles. The van der Waals surface area contributed by atoms with Crippen LogP contribution in [0.5, 0.6) is 0 Å². The topological polar surface area (TPSA) is 47.4 Å². The number of aromatic nitrogens is 2. The molecule has 0 radical (unpaired) electrons. The highest BCUT2D eigenvalue weighted by Crippen LogP contribution is 2.22. The van der Waals surface area contributed by atoms with Crippen LogP contribution >= 0.6 is 0 Å². The molecule has 1 unspecified atom stereocenters. The Morgan fingerprint density at radius 3 is 2.62 bits per heavy atom. The fraction of sp³-hybridized carbons (Fsp3) is 0.500. The van der Waals surface area contributed by atoms with Crippen molar-refractivity contribution in [2.45, 2.75) is 26.8 Å². The van der Waals surface area contributed by atoms with E-state index < -0.39 is 0 Å². The number of carbonyl (C=O) groups excluding carboxylic acids is 1. The molecule has 1 amide bonds. The first-order valence-electron chi connectivity index (χ1n) is 7.38. The third kappa shape index (κ3) is 2.53. The molecule has 21 heavy (non-hydrogen) atoms. The van der Waals surface area contributed by atoms with Gasteiger partial charge in [0.15, 0.2) is 0 Å². The molecule has 2 aromatic rings. The maximum Gasteiger partial charge on any atom is 0.245 e. The van der Waals surface area contributed by atoms with Crippen LogP contribution in [-0.4, -0.2) is 46.7 Å². The molecule has 0 N–H and O–H groups in total. The number of nitrogens with zero attached hydrogens (tertiary/aromatic N) is 3. The Hall–Kier alpha value is -1.88. The van der Waals surface area contributed by atoms with Crippen molar-refractivity contribution in [1.82, 2.24) is 14.5 Å². The lowest BCUT2D eigenvalue weighted by Crippen LogP contribution is -2.43. The molecule has 0 aliphatic carbocycles. The molecule has 0 saturated carbocycles.